The van der Waals surface area contributed by atoms with E-state index in [2.05, 4.69) is 37.9 Å². The summed E-state index contributed by atoms with van der Waals surface area (Å²) < 4.78 is 0. The number of benzene rings is 1. The molecule has 1 heterocycles. The van der Waals surface area contributed by atoms with Crippen molar-refractivity contribution in [2.75, 3.05) is 0 Å². The summed E-state index contributed by atoms with van der Waals surface area (Å²) in [6.45, 7) is 6.77. The number of hydrogen-bond donors (Lipinski definition) is 1. The molecule has 0 bridgehead atoms. The van der Waals surface area contributed by atoms with E-state index < -0.39 is 0 Å². The number of phenols is 1. The monoisotopic (exact) mass is 299 g/mol. The molecule has 2 heteroatoms. The van der Waals surface area contributed by atoms with Gasteiger partial charge in [-0.3, -0.25) is 4.98 Å². The molecule has 0 radical (unpaired) electrons. The molecule has 0 spiro atoms. The number of phenolic OH excluding ortho intramolecular Hbond substituents is 1. The quantitative estimate of drug-likeness (QED) is 0.644. The molecule has 0 aliphatic carbocycles. The van der Waals surface area contributed by atoms with Gasteiger partial charge in [0.1, 0.15) is 11.3 Å². The van der Waals surface area contributed by atoms with Gasteiger partial charge in [-0.2, -0.15) is 0 Å². The Labute approximate surface area is 134 Å². The fraction of sp³-hybridized carbons (Fsp3) is 0.550. The fourth-order valence-corrected chi connectivity index (χ4v) is 3.23. The van der Waals surface area contributed by atoms with Crippen LogP contribution in [0.4, 0.5) is 0 Å². The summed E-state index contributed by atoms with van der Waals surface area (Å²) in [5.74, 6) is 1.57. The summed E-state index contributed by atoms with van der Waals surface area (Å²) in [7, 11) is 0. The van der Waals surface area contributed by atoms with Crippen LogP contribution in [0.2, 0.25) is 0 Å². The Morgan fingerprint density at radius 2 is 1.91 bits per heavy atom. The first kappa shape index (κ1) is 16.8. The van der Waals surface area contributed by atoms with Crippen molar-refractivity contribution in [2.45, 2.75) is 65.2 Å². The SMILES string of the molecule is CCCC[C@H](CC)CC[C@@H](C)c1ccc2cccnc2c1O. The van der Waals surface area contributed by atoms with Crippen molar-refractivity contribution in [1.82, 2.24) is 4.98 Å². The van der Waals surface area contributed by atoms with Gasteiger partial charge in [0, 0.05) is 11.6 Å². The molecule has 0 aliphatic heterocycles. The standard InChI is InChI=1S/C20H29NO/c1-4-6-8-16(5-2)11-10-15(3)18-13-12-17-9-7-14-21-19(17)20(18)22/h7,9,12-16,22H,4-6,8,10-11H2,1-3H3/t15-,16+/m1/s1. The average Bonchev–Trinajstić information content (AvgIpc) is 2.55. The van der Waals surface area contributed by atoms with Gasteiger partial charge < -0.3 is 5.11 Å². The number of aromatic hydroxyl groups is 1. The molecule has 1 N–H and O–H groups in total. The zero-order valence-corrected chi connectivity index (χ0v) is 14.2. The molecule has 0 aliphatic rings. The van der Waals surface area contributed by atoms with Crippen LogP contribution in [0.5, 0.6) is 5.75 Å². The molecule has 0 unspecified atom stereocenters. The van der Waals surface area contributed by atoms with Crippen LogP contribution >= 0.6 is 0 Å². The molecule has 0 saturated heterocycles. The van der Waals surface area contributed by atoms with E-state index in [1.54, 1.807) is 6.20 Å². The van der Waals surface area contributed by atoms with Gasteiger partial charge in [0.2, 0.25) is 0 Å². The molecular formula is C20H29NO. The Hall–Kier alpha value is -1.57. The molecule has 0 fully saturated rings. The van der Waals surface area contributed by atoms with Crippen LogP contribution in [0.15, 0.2) is 30.5 Å². The van der Waals surface area contributed by atoms with E-state index in [1.807, 2.05) is 12.1 Å². The largest absolute Gasteiger partial charge is 0.505 e. The number of hydrogen-bond acceptors (Lipinski definition) is 2. The minimum Gasteiger partial charge on any atom is -0.505 e. The summed E-state index contributed by atoms with van der Waals surface area (Å²) in [6, 6.07) is 8.04. The van der Waals surface area contributed by atoms with Gasteiger partial charge in [0.15, 0.2) is 0 Å². The zero-order valence-electron chi connectivity index (χ0n) is 14.2. The first-order valence-electron chi connectivity index (χ1n) is 8.73. The van der Waals surface area contributed by atoms with Crippen molar-refractivity contribution in [3.05, 3.63) is 36.0 Å². The van der Waals surface area contributed by atoms with E-state index in [9.17, 15) is 5.11 Å². The predicted octanol–water partition coefficient (Wildman–Crippen LogP) is 6.04. The predicted molar refractivity (Wildman–Crippen MR) is 94.4 cm³/mol. The van der Waals surface area contributed by atoms with Gasteiger partial charge >= 0.3 is 0 Å². The average molecular weight is 299 g/mol. The molecule has 0 amide bonds. The van der Waals surface area contributed by atoms with Gasteiger partial charge in [0.25, 0.3) is 0 Å². The van der Waals surface area contributed by atoms with E-state index in [0.717, 1.165) is 28.8 Å². The van der Waals surface area contributed by atoms with E-state index in [4.69, 9.17) is 0 Å². The Morgan fingerprint density at radius 1 is 1.09 bits per heavy atom. The lowest BCUT2D eigenvalue weighted by Crippen LogP contribution is -2.03. The Balaban J connectivity index is 2.06. The third-order valence-corrected chi connectivity index (χ3v) is 4.86. The number of pyridine rings is 1. The summed E-state index contributed by atoms with van der Waals surface area (Å²) >= 11 is 0. The van der Waals surface area contributed by atoms with Gasteiger partial charge in [0.05, 0.1) is 0 Å². The van der Waals surface area contributed by atoms with Gasteiger partial charge in [-0.05, 0) is 36.3 Å². The minimum atomic E-state index is 0.368. The Bertz CT molecular complexity index is 593. The number of nitrogens with zero attached hydrogens (tertiary/aromatic N) is 1. The maximum absolute atomic E-state index is 10.5. The maximum Gasteiger partial charge on any atom is 0.145 e. The van der Waals surface area contributed by atoms with Crippen molar-refractivity contribution in [3.63, 3.8) is 0 Å². The van der Waals surface area contributed by atoms with Crippen LogP contribution in [0.25, 0.3) is 10.9 Å². The van der Waals surface area contributed by atoms with Crippen LogP contribution in [0, 0.1) is 5.92 Å². The van der Waals surface area contributed by atoms with E-state index in [1.165, 1.54) is 32.1 Å². The smallest absolute Gasteiger partial charge is 0.145 e. The Kier molecular flexibility index (Phi) is 6.23. The van der Waals surface area contributed by atoms with E-state index >= 15 is 0 Å². The lowest BCUT2D eigenvalue weighted by atomic mass is 9.87. The second-order valence-electron chi connectivity index (χ2n) is 6.47. The number of aromatic nitrogens is 1. The molecule has 1 aromatic heterocycles. The lowest BCUT2D eigenvalue weighted by molar-refractivity contribution is 0.392. The van der Waals surface area contributed by atoms with Crippen LogP contribution in [-0.2, 0) is 0 Å². The molecule has 22 heavy (non-hydrogen) atoms. The highest BCUT2D eigenvalue weighted by atomic mass is 16.3. The maximum atomic E-state index is 10.5. The van der Waals surface area contributed by atoms with E-state index in [-0.39, 0.29) is 0 Å². The molecular weight excluding hydrogens is 270 g/mol. The second kappa shape index (κ2) is 8.17. The highest BCUT2D eigenvalue weighted by molar-refractivity contribution is 5.85. The minimum absolute atomic E-state index is 0.368. The van der Waals surface area contributed by atoms with Gasteiger partial charge in [-0.25, -0.2) is 0 Å². The number of rotatable bonds is 8. The summed E-state index contributed by atoms with van der Waals surface area (Å²) in [6.07, 6.45) is 9.34. The van der Waals surface area contributed by atoms with Crippen molar-refractivity contribution >= 4 is 10.9 Å². The van der Waals surface area contributed by atoms with Crippen LogP contribution in [0.3, 0.4) is 0 Å². The summed E-state index contributed by atoms with van der Waals surface area (Å²) in [5, 5.41) is 11.5. The summed E-state index contributed by atoms with van der Waals surface area (Å²) in [5.41, 5.74) is 1.77. The van der Waals surface area contributed by atoms with Crippen LogP contribution in [-0.4, -0.2) is 10.1 Å². The van der Waals surface area contributed by atoms with Crippen LogP contribution in [0.1, 0.15) is 70.8 Å². The Morgan fingerprint density at radius 3 is 2.64 bits per heavy atom. The lowest BCUT2D eigenvalue weighted by Gasteiger charge is -2.19. The molecule has 2 rings (SSSR count). The fourth-order valence-electron chi connectivity index (χ4n) is 3.23. The van der Waals surface area contributed by atoms with Crippen molar-refractivity contribution in [3.8, 4) is 5.75 Å². The molecule has 2 nitrogen and oxygen atoms in total. The third kappa shape index (κ3) is 4.00. The molecule has 2 atom stereocenters. The van der Waals surface area contributed by atoms with Crippen LogP contribution < -0.4 is 0 Å². The van der Waals surface area contributed by atoms with E-state index in [0.29, 0.717) is 11.7 Å². The molecule has 0 saturated carbocycles. The van der Waals surface area contributed by atoms with Crippen molar-refractivity contribution < 1.29 is 5.11 Å². The van der Waals surface area contributed by atoms with Gasteiger partial charge in [-0.1, -0.05) is 64.7 Å². The van der Waals surface area contributed by atoms with Crippen molar-refractivity contribution in [1.29, 1.82) is 0 Å². The molecule has 120 valence electrons. The summed E-state index contributed by atoms with van der Waals surface area (Å²) in [4.78, 5) is 4.33. The number of fused-ring (bicyclic) bond motifs is 1. The first-order chi connectivity index (χ1) is 10.7. The zero-order chi connectivity index (χ0) is 15.9. The third-order valence-electron chi connectivity index (χ3n) is 4.86. The first-order valence-corrected chi connectivity index (χ1v) is 8.73. The second-order valence-corrected chi connectivity index (χ2v) is 6.47. The molecule has 2 aromatic rings. The highest BCUT2D eigenvalue weighted by Crippen LogP contribution is 2.35. The van der Waals surface area contributed by atoms with Gasteiger partial charge in [-0.15, -0.1) is 0 Å². The highest BCUT2D eigenvalue weighted by Gasteiger charge is 2.15. The topological polar surface area (TPSA) is 33.1 Å². The normalized spacial score (nSPS) is 14.1. The van der Waals surface area contributed by atoms with Crippen molar-refractivity contribution in [2.24, 2.45) is 5.92 Å². The molecule has 1 aromatic carbocycles. The number of unbranched alkanes of at least 4 members (excludes halogenated alkanes) is 1.